The third-order valence-corrected chi connectivity index (χ3v) is 9.97. The number of rotatable bonds is 17. The zero-order chi connectivity index (χ0) is 32.1. The quantitative estimate of drug-likeness (QED) is 0.0754. The van der Waals surface area contributed by atoms with Crippen LogP contribution in [0.5, 0.6) is 0 Å². The second-order valence-corrected chi connectivity index (χ2v) is 13.5. The Bertz CT molecular complexity index is 1290. The average molecular weight is 643 g/mol. The number of aromatic nitrogens is 1. The van der Waals surface area contributed by atoms with Crippen LogP contribution in [-0.2, 0) is 20.9 Å². The maximum Gasteiger partial charge on any atom is 0.309 e. The minimum absolute atomic E-state index is 0.0932. The minimum atomic E-state index is -0.319. The molecule has 0 aromatic carbocycles. The van der Waals surface area contributed by atoms with E-state index < -0.39 is 0 Å². The van der Waals surface area contributed by atoms with Crippen molar-refractivity contribution in [2.45, 2.75) is 118 Å². The molecule has 2 aliphatic rings. The summed E-state index contributed by atoms with van der Waals surface area (Å²) >= 11 is 6.92. The SMILES string of the molecule is CCCCCCCCCCCCN1C(=O)/C(=C\c2c(C)c(C#N)c(=O)n(CCC)c2N2CCC(C(=O)OCC)CC2)SC1=S. The number of thiocarbonyl (C=S) groups is 1. The predicted molar refractivity (Wildman–Crippen MR) is 184 cm³/mol. The van der Waals surface area contributed by atoms with Gasteiger partial charge < -0.3 is 9.64 Å². The largest absolute Gasteiger partial charge is 0.466 e. The van der Waals surface area contributed by atoms with Crippen molar-refractivity contribution in [2.24, 2.45) is 5.92 Å². The van der Waals surface area contributed by atoms with Crippen LogP contribution in [0.3, 0.4) is 0 Å². The highest BCUT2D eigenvalue weighted by Gasteiger charge is 2.34. The molecule has 1 amide bonds. The summed E-state index contributed by atoms with van der Waals surface area (Å²) in [6.07, 6.45) is 16.0. The maximum atomic E-state index is 13.6. The molecule has 8 nitrogen and oxygen atoms in total. The molecule has 3 heterocycles. The van der Waals surface area contributed by atoms with Crippen molar-refractivity contribution in [1.29, 1.82) is 5.26 Å². The molecule has 0 aliphatic carbocycles. The molecule has 242 valence electrons. The first-order valence-electron chi connectivity index (χ1n) is 16.6. The highest BCUT2D eigenvalue weighted by atomic mass is 32.2. The monoisotopic (exact) mass is 642 g/mol. The molecule has 0 spiro atoms. The zero-order valence-corrected chi connectivity index (χ0v) is 28.8. The van der Waals surface area contributed by atoms with Gasteiger partial charge in [0.25, 0.3) is 11.5 Å². The van der Waals surface area contributed by atoms with E-state index in [9.17, 15) is 19.6 Å². The summed E-state index contributed by atoms with van der Waals surface area (Å²) in [5, 5.41) is 9.93. The van der Waals surface area contributed by atoms with Crippen LogP contribution in [0.4, 0.5) is 5.82 Å². The zero-order valence-electron chi connectivity index (χ0n) is 27.1. The van der Waals surface area contributed by atoms with Crippen LogP contribution in [0.15, 0.2) is 9.70 Å². The first-order chi connectivity index (χ1) is 21.3. The molecule has 0 atom stereocenters. The van der Waals surface area contributed by atoms with Crippen LogP contribution >= 0.6 is 24.0 Å². The van der Waals surface area contributed by atoms with Gasteiger partial charge in [-0.3, -0.25) is 23.9 Å². The molecular formula is C34H50N4O4S2. The van der Waals surface area contributed by atoms with Gasteiger partial charge in [-0.15, -0.1) is 0 Å². The van der Waals surface area contributed by atoms with Gasteiger partial charge in [-0.05, 0) is 51.2 Å². The lowest BCUT2D eigenvalue weighted by molar-refractivity contribution is -0.148. The Balaban J connectivity index is 1.78. The van der Waals surface area contributed by atoms with Crippen LogP contribution in [0.1, 0.15) is 121 Å². The highest BCUT2D eigenvalue weighted by molar-refractivity contribution is 8.26. The number of nitriles is 1. The van der Waals surface area contributed by atoms with E-state index in [0.29, 0.717) is 78.2 Å². The Morgan fingerprint density at radius 2 is 1.59 bits per heavy atom. The summed E-state index contributed by atoms with van der Waals surface area (Å²) in [6.45, 7) is 10.4. The summed E-state index contributed by atoms with van der Waals surface area (Å²) in [5.74, 6) is 0.229. The Morgan fingerprint density at radius 3 is 2.16 bits per heavy atom. The van der Waals surface area contributed by atoms with E-state index in [0.717, 1.165) is 12.8 Å². The molecule has 0 radical (unpaired) electrons. The molecule has 1 aromatic rings. The first-order valence-corrected chi connectivity index (χ1v) is 17.9. The van der Waals surface area contributed by atoms with E-state index in [4.69, 9.17) is 17.0 Å². The fourth-order valence-corrected chi connectivity index (χ4v) is 7.37. The highest BCUT2D eigenvalue weighted by Crippen LogP contribution is 2.37. The minimum Gasteiger partial charge on any atom is -0.466 e. The smallest absolute Gasteiger partial charge is 0.309 e. The fourth-order valence-electron chi connectivity index (χ4n) is 6.08. The molecule has 44 heavy (non-hydrogen) atoms. The third kappa shape index (κ3) is 9.20. The van der Waals surface area contributed by atoms with Gasteiger partial charge in [0, 0.05) is 31.7 Å². The van der Waals surface area contributed by atoms with E-state index in [1.54, 1.807) is 16.4 Å². The molecule has 0 saturated carbocycles. The molecule has 3 rings (SSSR count). The normalized spacial score (nSPS) is 16.7. The number of thioether (sulfide) groups is 1. The Hall–Kier alpha value is -2.64. The molecule has 0 unspecified atom stereocenters. The number of ether oxygens (including phenoxy) is 1. The Labute approximate surface area is 273 Å². The van der Waals surface area contributed by atoms with Crippen molar-refractivity contribution in [3.63, 3.8) is 0 Å². The van der Waals surface area contributed by atoms with Crippen molar-refractivity contribution in [3.8, 4) is 6.07 Å². The average Bonchev–Trinajstić information content (AvgIpc) is 3.28. The van der Waals surface area contributed by atoms with Crippen LogP contribution in [0.2, 0.25) is 0 Å². The molecule has 2 saturated heterocycles. The molecule has 1 aromatic heterocycles. The Morgan fingerprint density at radius 1 is 0.977 bits per heavy atom. The lowest BCUT2D eigenvalue weighted by Crippen LogP contribution is -2.41. The van der Waals surface area contributed by atoms with E-state index in [1.807, 2.05) is 19.9 Å². The number of carbonyl (C=O) groups is 2. The van der Waals surface area contributed by atoms with Gasteiger partial charge in [0.05, 0.1) is 17.4 Å². The summed E-state index contributed by atoms with van der Waals surface area (Å²) < 4.78 is 7.47. The van der Waals surface area contributed by atoms with Gasteiger partial charge in [0.15, 0.2) is 0 Å². The summed E-state index contributed by atoms with van der Waals surface area (Å²) in [5.41, 5.74) is 1.03. The molecule has 2 fully saturated rings. The molecule has 2 aliphatic heterocycles. The maximum absolute atomic E-state index is 13.6. The number of anilines is 1. The van der Waals surface area contributed by atoms with Crippen molar-refractivity contribution >= 4 is 52.1 Å². The summed E-state index contributed by atoms with van der Waals surface area (Å²) in [7, 11) is 0. The van der Waals surface area contributed by atoms with Crippen LogP contribution in [0, 0.1) is 24.2 Å². The van der Waals surface area contributed by atoms with Crippen LogP contribution < -0.4 is 10.5 Å². The van der Waals surface area contributed by atoms with Gasteiger partial charge in [0.2, 0.25) is 0 Å². The molecule has 0 bridgehead atoms. The van der Waals surface area contributed by atoms with E-state index in [1.165, 1.54) is 63.1 Å². The number of pyridine rings is 1. The summed E-state index contributed by atoms with van der Waals surface area (Å²) in [6, 6.07) is 2.11. The number of carbonyl (C=O) groups excluding carboxylic acids is 2. The van der Waals surface area contributed by atoms with Crippen molar-refractivity contribution in [1.82, 2.24) is 9.47 Å². The standard InChI is InChI=1S/C34H50N4O4S2/c1-5-8-9-10-11-12-13-14-15-16-20-38-32(40)29(44-34(38)43)23-27-25(4)28(24-35)31(39)37(19-6-2)30(27)36-21-17-26(18-22-36)33(41)42-7-3/h23,26H,5-22H2,1-4H3/b29-23+. The fraction of sp³-hybridized carbons (Fsp3) is 0.676. The number of esters is 1. The van der Waals surface area contributed by atoms with E-state index in [2.05, 4.69) is 17.9 Å². The number of hydrogen-bond acceptors (Lipinski definition) is 8. The lowest BCUT2D eigenvalue weighted by Gasteiger charge is -2.35. The number of nitrogens with zero attached hydrogens (tertiary/aromatic N) is 4. The second kappa shape index (κ2) is 18.4. The van der Waals surface area contributed by atoms with Gasteiger partial charge >= 0.3 is 5.97 Å². The molecular weight excluding hydrogens is 593 g/mol. The third-order valence-electron chi connectivity index (χ3n) is 8.59. The van der Waals surface area contributed by atoms with Crippen molar-refractivity contribution in [2.75, 3.05) is 31.1 Å². The van der Waals surface area contributed by atoms with Gasteiger partial charge in [-0.25, -0.2) is 0 Å². The van der Waals surface area contributed by atoms with Crippen molar-refractivity contribution < 1.29 is 14.3 Å². The van der Waals surface area contributed by atoms with Gasteiger partial charge in [-0.2, -0.15) is 5.26 Å². The van der Waals surface area contributed by atoms with Gasteiger partial charge in [-0.1, -0.05) is 95.6 Å². The number of amides is 1. The molecule has 10 heteroatoms. The summed E-state index contributed by atoms with van der Waals surface area (Å²) in [4.78, 5) is 43.8. The first kappa shape index (κ1) is 35.8. The lowest BCUT2D eigenvalue weighted by atomic mass is 9.95. The van der Waals surface area contributed by atoms with Crippen LogP contribution in [-0.4, -0.2) is 51.9 Å². The Kier molecular flexibility index (Phi) is 15.0. The topological polar surface area (TPSA) is 95.6 Å². The van der Waals surface area contributed by atoms with E-state index >= 15 is 0 Å². The van der Waals surface area contributed by atoms with Crippen LogP contribution in [0.25, 0.3) is 6.08 Å². The number of piperidine rings is 1. The molecule has 0 N–H and O–H groups in total. The number of unbranched alkanes of at least 4 members (excludes halogenated alkanes) is 9. The van der Waals surface area contributed by atoms with Gasteiger partial charge in [0.1, 0.15) is 21.8 Å². The number of hydrogen-bond donors (Lipinski definition) is 0. The predicted octanol–water partition coefficient (Wildman–Crippen LogP) is 7.34. The second-order valence-electron chi connectivity index (χ2n) is 11.8. The van der Waals surface area contributed by atoms with E-state index in [-0.39, 0.29) is 28.9 Å². The van der Waals surface area contributed by atoms with Crippen molar-refractivity contribution in [3.05, 3.63) is 31.9 Å².